The van der Waals surface area contributed by atoms with Gasteiger partial charge in [-0.15, -0.1) is 6.42 Å². The van der Waals surface area contributed by atoms with Gasteiger partial charge in [0.1, 0.15) is 0 Å². The Bertz CT molecular complexity index is 819. The lowest BCUT2D eigenvalue weighted by atomic mass is 10.1. The molecule has 2 aromatic carbocycles. The van der Waals surface area contributed by atoms with Gasteiger partial charge in [0.05, 0.1) is 18.0 Å². The van der Waals surface area contributed by atoms with Crippen molar-refractivity contribution in [1.29, 1.82) is 0 Å². The predicted octanol–water partition coefficient (Wildman–Crippen LogP) is 2.50. The first-order valence-electron chi connectivity index (χ1n) is 7.03. The van der Waals surface area contributed by atoms with Gasteiger partial charge in [0.2, 0.25) is 10.0 Å². The first kappa shape index (κ1) is 16.9. The van der Waals surface area contributed by atoms with E-state index in [2.05, 4.69) is 5.92 Å². The fraction of sp³-hybridized carbons (Fsp3) is 0.167. The minimum Gasteiger partial charge on any atom is -0.293 e. The van der Waals surface area contributed by atoms with Crippen LogP contribution in [0, 0.1) is 19.3 Å². The van der Waals surface area contributed by atoms with Crippen LogP contribution >= 0.6 is 0 Å². The van der Waals surface area contributed by atoms with Gasteiger partial charge in [0, 0.05) is 5.56 Å². The molecule has 0 N–H and O–H groups in total. The van der Waals surface area contributed by atoms with Gasteiger partial charge >= 0.3 is 0 Å². The number of rotatable bonds is 6. The Kier molecular flexibility index (Phi) is 5.32. The summed E-state index contributed by atoms with van der Waals surface area (Å²) >= 11 is 0. The molecule has 0 bridgehead atoms. The first-order valence-corrected chi connectivity index (χ1v) is 8.47. The summed E-state index contributed by atoms with van der Waals surface area (Å²) in [5.41, 5.74) is 1.40. The molecule has 5 heteroatoms. The number of carbonyl (C=O) groups excluding carboxylic acids is 1. The number of sulfonamides is 1. The van der Waals surface area contributed by atoms with E-state index < -0.39 is 10.0 Å². The molecule has 2 rings (SSSR count). The van der Waals surface area contributed by atoms with Crippen LogP contribution < -0.4 is 0 Å². The summed E-state index contributed by atoms with van der Waals surface area (Å²) in [4.78, 5) is 12.4. The Morgan fingerprint density at radius 1 is 1.09 bits per heavy atom. The molecule has 2 aromatic rings. The third-order valence-electron chi connectivity index (χ3n) is 3.34. The number of hydrogen-bond donors (Lipinski definition) is 0. The van der Waals surface area contributed by atoms with Crippen LogP contribution in [0.25, 0.3) is 0 Å². The lowest BCUT2D eigenvalue weighted by molar-refractivity contribution is 0.0970. The van der Waals surface area contributed by atoms with Gasteiger partial charge < -0.3 is 0 Å². The normalized spacial score (nSPS) is 11.2. The van der Waals surface area contributed by atoms with Crippen molar-refractivity contribution in [3.05, 3.63) is 65.7 Å². The van der Waals surface area contributed by atoms with Gasteiger partial charge in [-0.2, -0.15) is 4.31 Å². The Hall–Kier alpha value is -2.42. The Morgan fingerprint density at radius 3 is 2.26 bits per heavy atom. The third kappa shape index (κ3) is 4.07. The molecule has 0 saturated heterocycles. The van der Waals surface area contributed by atoms with Crippen LogP contribution in [-0.2, 0) is 10.0 Å². The molecule has 0 aromatic heterocycles. The number of carbonyl (C=O) groups is 1. The maximum Gasteiger partial charge on any atom is 0.244 e. The fourth-order valence-corrected chi connectivity index (χ4v) is 3.37. The second-order valence-corrected chi connectivity index (χ2v) is 7.02. The minimum absolute atomic E-state index is 0.124. The summed E-state index contributed by atoms with van der Waals surface area (Å²) in [6.45, 7) is 1.42. The highest BCUT2D eigenvalue weighted by atomic mass is 32.2. The first-order chi connectivity index (χ1) is 10.9. The maximum absolute atomic E-state index is 12.7. The average molecular weight is 327 g/mol. The van der Waals surface area contributed by atoms with E-state index in [1.807, 2.05) is 6.92 Å². The van der Waals surface area contributed by atoms with Gasteiger partial charge in [-0.1, -0.05) is 53.9 Å². The van der Waals surface area contributed by atoms with Crippen molar-refractivity contribution in [1.82, 2.24) is 4.31 Å². The molecule has 23 heavy (non-hydrogen) atoms. The SMILES string of the molecule is C#CCN(CC(=O)c1ccccc1)S(=O)(=O)c1ccc(C)cc1. The summed E-state index contributed by atoms with van der Waals surface area (Å²) < 4.78 is 26.4. The highest BCUT2D eigenvalue weighted by molar-refractivity contribution is 7.89. The standard InChI is InChI=1S/C18H17NO3S/c1-3-13-19(14-18(20)16-7-5-4-6-8-16)23(21,22)17-11-9-15(2)10-12-17/h1,4-12H,13-14H2,2H3. The molecule has 0 aliphatic heterocycles. The van der Waals surface area contributed by atoms with E-state index in [1.165, 1.54) is 12.1 Å². The minimum atomic E-state index is -3.81. The number of benzene rings is 2. The molecule has 0 heterocycles. The van der Waals surface area contributed by atoms with Crippen molar-refractivity contribution in [3.8, 4) is 12.3 Å². The van der Waals surface area contributed by atoms with Crippen LogP contribution in [0.2, 0.25) is 0 Å². The molecule has 0 fully saturated rings. The second kappa shape index (κ2) is 7.23. The third-order valence-corrected chi connectivity index (χ3v) is 5.15. The monoisotopic (exact) mass is 327 g/mol. The molecule has 0 radical (unpaired) electrons. The number of ketones is 1. The van der Waals surface area contributed by atoms with Gasteiger partial charge in [-0.25, -0.2) is 8.42 Å². The quantitative estimate of drug-likeness (QED) is 0.605. The molecule has 0 spiro atoms. The average Bonchev–Trinajstić information content (AvgIpc) is 2.55. The second-order valence-electron chi connectivity index (χ2n) is 5.08. The maximum atomic E-state index is 12.7. The van der Waals surface area contributed by atoms with Crippen LogP contribution in [0.3, 0.4) is 0 Å². The topological polar surface area (TPSA) is 54.5 Å². The molecule has 4 nitrogen and oxygen atoms in total. The number of nitrogens with zero attached hydrogens (tertiary/aromatic N) is 1. The summed E-state index contributed by atoms with van der Waals surface area (Å²) in [5, 5.41) is 0. The highest BCUT2D eigenvalue weighted by Gasteiger charge is 2.26. The molecule has 0 unspecified atom stereocenters. The molecule has 0 aliphatic rings. The van der Waals surface area contributed by atoms with Crippen molar-refractivity contribution in [2.24, 2.45) is 0 Å². The zero-order valence-corrected chi connectivity index (χ0v) is 13.6. The molecule has 0 aliphatic carbocycles. The lowest BCUT2D eigenvalue weighted by Gasteiger charge is -2.19. The zero-order chi connectivity index (χ0) is 16.9. The van der Waals surface area contributed by atoms with Gasteiger partial charge in [-0.3, -0.25) is 4.79 Å². The molecule has 118 valence electrons. The van der Waals surface area contributed by atoms with Crippen molar-refractivity contribution in [2.75, 3.05) is 13.1 Å². The van der Waals surface area contributed by atoms with E-state index in [1.54, 1.807) is 42.5 Å². The summed E-state index contributed by atoms with van der Waals surface area (Å²) in [5.74, 6) is 2.01. The summed E-state index contributed by atoms with van der Waals surface area (Å²) in [6.07, 6.45) is 5.28. The van der Waals surface area contributed by atoms with Gasteiger partial charge in [0.15, 0.2) is 5.78 Å². The van der Waals surface area contributed by atoms with E-state index in [4.69, 9.17) is 6.42 Å². The van der Waals surface area contributed by atoms with Crippen LogP contribution in [0.1, 0.15) is 15.9 Å². The zero-order valence-electron chi connectivity index (χ0n) is 12.8. The number of Topliss-reactive ketones (excluding diaryl/α,β-unsaturated/α-hetero) is 1. The molecular weight excluding hydrogens is 310 g/mol. The summed E-state index contributed by atoms with van der Waals surface area (Å²) in [7, 11) is -3.81. The number of hydrogen-bond acceptors (Lipinski definition) is 3. The molecule has 0 atom stereocenters. The molecule has 0 amide bonds. The fourth-order valence-electron chi connectivity index (χ4n) is 2.06. The van der Waals surface area contributed by atoms with E-state index in [0.717, 1.165) is 9.87 Å². The summed E-state index contributed by atoms with van der Waals surface area (Å²) in [6, 6.07) is 15.0. The van der Waals surface area contributed by atoms with Crippen LogP contribution in [-0.4, -0.2) is 31.6 Å². The van der Waals surface area contributed by atoms with Crippen LogP contribution in [0.15, 0.2) is 59.5 Å². The van der Waals surface area contributed by atoms with Crippen molar-refractivity contribution in [2.45, 2.75) is 11.8 Å². The predicted molar refractivity (Wildman–Crippen MR) is 89.5 cm³/mol. The molecular formula is C18H17NO3S. The van der Waals surface area contributed by atoms with Crippen molar-refractivity contribution in [3.63, 3.8) is 0 Å². The van der Waals surface area contributed by atoms with E-state index >= 15 is 0 Å². The van der Waals surface area contributed by atoms with Crippen LogP contribution in [0.5, 0.6) is 0 Å². The Morgan fingerprint density at radius 2 is 1.70 bits per heavy atom. The molecule has 0 saturated carbocycles. The smallest absolute Gasteiger partial charge is 0.244 e. The Labute approximate surface area is 136 Å². The van der Waals surface area contributed by atoms with Gasteiger partial charge in [-0.05, 0) is 19.1 Å². The van der Waals surface area contributed by atoms with E-state index in [-0.39, 0.29) is 23.8 Å². The Balaban J connectivity index is 2.29. The van der Waals surface area contributed by atoms with E-state index in [9.17, 15) is 13.2 Å². The van der Waals surface area contributed by atoms with Crippen LogP contribution in [0.4, 0.5) is 0 Å². The van der Waals surface area contributed by atoms with Gasteiger partial charge in [0.25, 0.3) is 0 Å². The highest BCUT2D eigenvalue weighted by Crippen LogP contribution is 2.17. The lowest BCUT2D eigenvalue weighted by Crippen LogP contribution is -2.36. The van der Waals surface area contributed by atoms with Crippen molar-refractivity contribution < 1.29 is 13.2 Å². The van der Waals surface area contributed by atoms with Crippen molar-refractivity contribution >= 4 is 15.8 Å². The largest absolute Gasteiger partial charge is 0.293 e. The van der Waals surface area contributed by atoms with E-state index in [0.29, 0.717) is 5.56 Å². The number of terminal acetylenes is 1. The number of aryl methyl sites for hydroxylation is 1.